The fourth-order valence-electron chi connectivity index (χ4n) is 1.60. The van der Waals surface area contributed by atoms with Crippen molar-refractivity contribution in [2.45, 2.75) is 0 Å². The zero-order valence-electron chi connectivity index (χ0n) is 10.0. The fraction of sp³-hybridized carbons (Fsp3) is 0.0588. The second-order valence-electron chi connectivity index (χ2n) is 3.76. The van der Waals surface area contributed by atoms with Gasteiger partial charge in [-0.1, -0.05) is 54.5 Å². The van der Waals surface area contributed by atoms with Crippen LogP contribution in [0.3, 0.4) is 0 Å². The fourth-order valence-corrected chi connectivity index (χ4v) is 1.60. The Morgan fingerprint density at radius 3 is 2.50 bits per heavy atom. The molecule has 1 heteroatoms. The molecule has 0 heterocycles. The Bertz CT molecular complexity index is 562. The molecule has 88 valence electrons. The van der Waals surface area contributed by atoms with Crippen molar-refractivity contribution in [3.8, 4) is 18.1 Å². The van der Waals surface area contributed by atoms with Crippen LogP contribution in [-0.4, -0.2) is 6.61 Å². The lowest BCUT2D eigenvalue weighted by molar-refractivity contribution is 0.362. The lowest BCUT2D eigenvalue weighted by atomic mass is 10.2. The van der Waals surface area contributed by atoms with Crippen LogP contribution in [0.25, 0.3) is 6.08 Å². The highest BCUT2D eigenvalue weighted by atomic mass is 16.5. The predicted molar refractivity (Wildman–Crippen MR) is 75.3 cm³/mol. The van der Waals surface area contributed by atoms with Gasteiger partial charge in [-0.15, -0.1) is 6.42 Å². The Labute approximate surface area is 108 Å². The van der Waals surface area contributed by atoms with Crippen LogP contribution in [0.2, 0.25) is 0 Å². The number of benzene rings is 2. The summed E-state index contributed by atoms with van der Waals surface area (Å²) in [5.74, 6) is 3.35. The van der Waals surface area contributed by atoms with Gasteiger partial charge in [-0.25, -0.2) is 0 Å². The van der Waals surface area contributed by atoms with Crippen LogP contribution in [0.15, 0.2) is 60.7 Å². The molecule has 0 radical (unpaired) electrons. The molecule has 0 spiro atoms. The van der Waals surface area contributed by atoms with Gasteiger partial charge in [-0.3, -0.25) is 0 Å². The van der Waals surface area contributed by atoms with Gasteiger partial charge in [-0.05, 0) is 23.8 Å². The number of ether oxygens (including phenoxy) is 1. The minimum absolute atomic E-state index is 0.508. The minimum Gasteiger partial charge on any atom is -0.488 e. The van der Waals surface area contributed by atoms with E-state index in [1.165, 1.54) is 0 Å². The van der Waals surface area contributed by atoms with Gasteiger partial charge in [-0.2, -0.15) is 0 Å². The number of rotatable bonds is 4. The van der Waals surface area contributed by atoms with E-state index in [0.717, 1.165) is 16.9 Å². The van der Waals surface area contributed by atoms with E-state index in [4.69, 9.17) is 11.2 Å². The summed E-state index contributed by atoms with van der Waals surface area (Å²) >= 11 is 0. The molecule has 0 amide bonds. The van der Waals surface area contributed by atoms with Gasteiger partial charge in [0.05, 0.1) is 5.56 Å². The first kappa shape index (κ1) is 12.0. The molecule has 2 aromatic carbocycles. The standard InChI is InChI=1S/C17H14O/c1-2-16-12-6-7-13-17(16)18-14-8-11-15-9-4-3-5-10-15/h1,3-13H,14H2/b11-8-. The van der Waals surface area contributed by atoms with Crippen molar-refractivity contribution in [1.29, 1.82) is 0 Å². The van der Waals surface area contributed by atoms with E-state index in [-0.39, 0.29) is 0 Å². The largest absolute Gasteiger partial charge is 0.488 e. The molecular weight excluding hydrogens is 220 g/mol. The quantitative estimate of drug-likeness (QED) is 0.732. The molecule has 2 aromatic rings. The summed E-state index contributed by atoms with van der Waals surface area (Å²) in [5.41, 5.74) is 1.94. The molecule has 0 aliphatic carbocycles. The van der Waals surface area contributed by atoms with Crippen molar-refractivity contribution in [3.05, 3.63) is 71.8 Å². The van der Waals surface area contributed by atoms with E-state index >= 15 is 0 Å². The van der Waals surface area contributed by atoms with Crippen molar-refractivity contribution in [1.82, 2.24) is 0 Å². The van der Waals surface area contributed by atoms with E-state index < -0.39 is 0 Å². The van der Waals surface area contributed by atoms with Crippen LogP contribution >= 0.6 is 0 Å². The second-order valence-corrected chi connectivity index (χ2v) is 3.76. The maximum Gasteiger partial charge on any atom is 0.135 e. The summed E-state index contributed by atoms with van der Waals surface area (Å²) < 4.78 is 5.62. The lowest BCUT2D eigenvalue weighted by Gasteiger charge is -2.05. The Kier molecular flexibility index (Phi) is 4.22. The average Bonchev–Trinajstić information content (AvgIpc) is 2.45. The molecule has 0 aromatic heterocycles. The molecule has 0 aliphatic rings. The van der Waals surface area contributed by atoms with Crippen molar-refractivity contribution in [3.63, 3.8) is 0 Å². The second kappa shape index (κ2) is 6.32. The molecule has 18 heavy (non-hydrogen) atoms. The summed E-state index contributed by atoms with van der Waals surface area (Å²) in [4.78, 5) is 0. The zero-order chi connectivity index (χ0) is 12.6. The maximum atomic E-state index is 5.62. The monoisotopic (exact) mass is 234 g/mol. The lowest BCUT2D eigenvalue weighted by Crippen LogP contribution is -1.95. The summed E-state index contributed by atoms with van der Waals surface area (Å²) in [5, 5.41) is 0. The smallest absolute Gasteiger partial charge is 0.135 e. The van der Waals surface area contributed by atoms with Crippen molar-refractivity contribution in [2.24, 2.45) is 0 Å². The van der Waals surface area contributed by atoms with Gasteiger partial charge in [0.15, 0.2) is 0 Å². The molecule has 2 rings (SSSR count). The Morgan fingerprint density at radius 1 is 1.00 bits per heavy atom. The normalized spacial score (nSPS) is 10.2. The highest BCUT2D eigenvalue weighted by Gasteiger charge is 1.97. The number of hydrogen-bond donors (Lipinski definition) is 0. The SMILES string of the molecule is C#Cc1ccccc1OC/C=C\c1ccccc1. The summed E-state index contributed by atoms with van der Waals surface area (Å²) in [7, 11) is 0. The summed E-state index contributed by atoms with van der Waals surface area (Å²) in [6, 6.07) is 17.7. The van der Waals surface area contributed by atoms with Crippen molar-refractivity contribution >= 4 is 6.08 Å². The minimum atomic E-state index is 0.508. The van der Waals surface area contributed by atoms with Gasteiger partial charge in [0.25, 0.3) is 0 Å². The Balaban J connectivity index is 1.93. The van der Waals surface area contributed by atoms with E-state index in [2.05, 4.69) is 5.92 Å². The highest BCUT2D eigenvalue weighted by Crippen LogP contribution is 2.16. The Hall–Kier alpha value is -2.46. The number of para-hydroxylation sites is 1. The molecular formula is C17H14O. The van der Waals surface area contributed by atoms with E-state index in [0.29, 0.717) is 6.61 Å². The first-order valence-corrected chi connectivity index (χ1v) is 5.80. The third-order valence-electron chi connectivity index (χ3n) is 2.49. The van der Waals surface area contributed by atoms with Crippen LogP contribution in [-0.2, 0) is 0 Å². The summed E-state index contributed by atoms with van der Waals surface area (Å²) in [6.45, 7) is 0.508. The van der Waals surface area contributed by atoms with Crippen LogP contribution in [0, 0.1) is 12.3 Å². The van der Waals surface area contributed by atoms with Gasteiger partial charge < -0.3 is 4.74 Å². The molecule has 0 N–H and O–H groups in total. The predicted octanol–water partition coefficient (Wildman–Crippen LogP) is 3.76. The number of hydrogen-bond acceptors (Lipinski definition) is 1. The van der Waals surface area contributed by atoms with Crippen LogP contribution in [0.5, 0.6) is 5.75 Å². The van der Waals surface area contributed by atoms with Gasteiger partial charge in [0, 0.05) is 0 Å². The number of terminal acetylenes is 1. The van der Waals surface area contributed by atoms with Gasteiger partial charge in [0.2, 0.25) is 0 Å². The molecule has 0 unspecified atom stereocenters. The molecule has 0 aliphatic heterocycles. The third kappa shape index (κ3) is 3.26. The van der Waals surface area contributed by atoms with E-state index in [1.807, 2.05) is 66.7 Å². The molecule has 1 nitrogen and oxygen atoms in total. The van der Waals surface area contributed by atoms with Gasteiger partial charge in [0.1, 0.15) is 12.4 Å². The Morgan fingerprint density at radius 2 is 1.72 bits per heavy atom. The first-order valence-electron chi connectivity index (χ1n) is 5.80. The van der Waals surface area contributed by atoms with Gasteiger partial charge >= 0.3 is 0 Å². The highest BCUT2D eigenvalue weighted by molar-refractivity contribution is 5.49. The van der Waals surface area contributed by atoms with Crippen LogP contribution in [0.4, 0.5) is 0 Å². The van der Waals surface area contributed by atoms with E-state index in [1.54, 1.807) is 0 Å². The molecule has 0 bridgehead atoms. The third-order valence-corrected chi connectivity index (χ3v) is 2.49. The van der Waals surface area contributed by atoms with Crippen molar-refractivity contribution in [2.75, 3.05) is 6.61 Å². The molecule has 0 fully saturated rings. The molecule has 0 saturated carbocycles. The topological polar surface area (TPSA) is 9.23 Å². The first-order chi connectivity index (χ1) is 8.90. The average molecular weight is 234 g/mol. The zero-order valence-corrected chi connectivity index (χ0v) is 10.0. The van der Waals surface area contributed by atoms with Crippen LogP contribution in [0.1, 0.15) is 11.1 Å². The van der Waals surface area contributed by atoms with E-state index in [9.17, 15) is 0 Å². The van der Waals surface area contributed by atoms with Crippen LogP contribution < -0.4 is 4.74 Å². The molecule has 0 saturated heterocycles. The maximum absolute atomic E-state index is 5.62. The van der Waals surface area contributed by atoms with Crippen molar-refractivity contribution < 1.29 is 4.74 Å². The molecule has 0 atom stereocenters. The summed E-state index contributed by atoms with van der Waals surface area (Å²) in [6.07, 6.45) is 9.40.